The Morgan fingerprint density at radius 1 is 1.12 bits per heavy atom. The Hall–Kier alpha value is -2.76. The topological polar surface area (TPSA) is 32.3 Å². The molecular formula is C20H20F2N4. The van der Waals surface area contributed by atoms with Gasteiger partial charge in [-0.3, -0.25) is 4.98 Å². The fraction of sp³-hybridized carbons (Fsp3) is 0.300. The first-order chi connectivity index (χ1) is 12.5. The summed E-state index contributed by atoms with van der Waals surface area (Å²) >= 11 is 0. The third kappa shape index (κ3) is 2.85. The molecule has 0 N–H and O–H groups in total. The van der Waals surface area contributed by atoms with E-state index in [0.717, 1.165) is 48.0 Å². The molecule has 3 heterocycles. The largest absolute Gasteiger partial charge is 0.376 e. The third-order valence-corrected chi connectivity index (χ3v) is 4.89. The lowest BCUT2D eigenvalue weighted by Gasteiger charge is -2.27. The van der Waals surface area contributed by atoms with Crippen LogP contribution in [0.1, 0.15) is 24.4 Å². The van der Waals surface area contributed by atoms with Gasteiger partial charge >= 0.3 is 0 Å². The third-order valence-electron chi connectivity index (χ3n) is 4.89. The highest BCUT2D eigenvalue weighted by Crippen LogP contribution is 2.37. The number of nitrogens with zero attached hydrogens (tertiary/aromatic N) is 4. The van der Waals surface area contributed by atoms with Crippen LogP contribution in [0.4, 0.5) is 20.3 Å². The first-order valence-electron chi connectivity index (χ1n) is 8.69. The van der Waals surface area contributed by atoms with Gasteiger partial charge in [0, 0.05) is 32.4 Å². The molecule has 3 aromatic rings. The molecule has 4 rings (SSSR count). The maximum atomic E-state index is 14.3. The molecule has 0 aliphatic carbocycles. The fourth-order valence-corrected chi connectivity index (χ4v) is 3.66. The maximum absolute atomic E-state index is 14.3. The molecule has 4 nitrogen and oxygen atoms in total. The van der Waals surface area contributed by atoms with E-state index in [9.17, 15) is 8.78 Å². The SMILES string of the molecule is CN(C)c1ccnc2ccc(N3CCC[C@@H]3c3cc(F)ccc3F)nc12. The number of fused-ring (bicyclic) bond motifs is 1. The van der Waals surface area contributed by atoms with Crippen LogP contribution in [0.3, 0.4) is 0 Å². The second-order valence-electron chi connectivity index (χ2n) is 6.78. The standard InChI is InChI=1S/C20H20F2N4/c1-25(2)18-9-10-23-16-7-8-19(24-20(16)18)26-11-3-4-17(26)14-12-13(21)5-6-15(14)22/h5-10,12,17H,3-4,11H2,1-2H3/t17-/m1/s1. The highest BCUT2D eigenvalue weighted by Gasteiger charge is 2.29. The Kier molecular flexibility index (Phi) is 4.18. The van der Waals surface area contributed by atoms with Crippen LogP contribution in [0.25, 0.3) is 11.0 Å². The minimum absolute atomic E-state index is 0.213. The number of benzene rings is 1. The van der Waals surface area contributed by atoms with Gasteiger partial charge in [0.25, 0.3) is 0 Å². The summed E-state index contributed by atoms with van der Waals surface area (Å²) in [4.78, 5) is 13.2. The Labute approximate surface area is 151 Å². The average molecular weight is 354 g/mol. The van der Waals surface area contributed by atoms with E-state index in [1.807, 2.05) is 37.2 Å². The summed E-state index contributed by atoms with van der Waals surface area (Å²) < 4.78 is 28.0. The van der Waals surface area contributed by atoms with Gasteiger partial charge < -0.3 is 9.80 Å². The summed E-state index contributed by atoms with van der Waals surface area (Å²) in [5.74, 6) is -0.0293. The quantitative estimate of drug-likeness (QED) is 0.701. The second-order valence-corrected chi connectivity index (χ2v) is 6.78. The van der Waals surface area contributed by atoms with Crippen LogP contribution in [0.15, 0.2) is 42.6 Å². The van der Waals surface area contributed by atoms with Gasteiger partial charge in [0.1, 0.15) is 23.0 Å². The number of rotatable bonds is 3. The number of pyridine rings is 2. The van der Waals surface area contributed by atoms with Crippen LogP contribution in [-0.4, -0.2) is 30.6 Å². The summed E-state index contributed by atoms with van der Waals surface area (Å²) in [5, 5.41) is 0. The van der Waals surface area contributed by atoms with Crippen molar-refractivity contribution in [1.82, 2.24) is 9.97 Å². The maximum Gasteiger partial charge on any atom is 0.129 e. The first-order valence-corrected chi connectivity index (χ1v) is 8.69. The van der Waals surface area contributed by atoms with Crippen molar-refractivity contribution in [2.45, 2.75) is 18.9 Å². The molecule has 2 aromatic heterocycles. The highest BCUT2D eigenvalue weighted by atomic mass is 19.1. The van der Waals surface area contributed by atoms with Gasteiger partial charge in [0.2, 0.25) is 0 Å². The minimum Gasteiger partial charge on any atom is -0.376 e. The molecule has 1 saturated heterocycles. The van der Waals surface area contributed by atoms with Gasteiger partial charge in [0.15, 0.2) is 0 Å². The molecule has 1 aromatic carbocycles. The molecule has 0 unspecified atom stereocenters. The summed E-state index contributed by atoms with van der Waals surface area (Å²) in [6.07, 6.45) is 3.45. The van der Waals surface area contributed by atoms with Crippen LogP contribution >= 0.6 is 0 Å². The lowest BCUT2D eigenvalue weighted by molar-refractivity contribution is 0.560. The smallest absolute Gasteiger partial charge is 0.129 e. The molecule has 0 amide bonds. The molecule has 26 heavy (non-hydrogen) atoms. The summed E-state index contributed by atoms with van der Waals surface area (Å²) in [6, 6.07) is 9.20. The second kappa shape index (κ2) is 6.52. The van der Waals surface area contributed by atoms with Crippen molar-refractivity contribution in [1.29, 1.82) is 0 Å². The zero-order valence-electron chi connectivity index (χ0n) is 14.8. The number of aromatic nitrogens is 2. The molecule has 0 spiro atoms. The van der Waals surface area contributed by atoms with Crippen LogP contribution < -0.4 is 9.80 Å². The summed E-state index contributed by atoms with van der Waals surface area (Å²) in [5.41, 5.74) is 2.99. The van der Waals surface area contributed by atoms with E-state index in [1.165, 1.54) is 12.1 Å². The van der Waals surface area contributed by atoms with Crippen molar-refractivity contribution < 1.29 is 8.78 Å². The van der Waals surface area contributed by atoms with Crippen LogP contribution in [-0.2, 0) is 0 Å². The summed E-state index contributed by atoms with van der Waals surface area (Å²) in [6.45, 7) is 0.761. The van der Waals surface area contributed by atoms with Crippen LogP contribution in [0, 0.1) is 11.6 Å². The molecule has 0 radical (unpaired) electrons. The van der Waals surface area contributed by atoms with E-state index in [4.69, 9.17) is 4.98 Å². The normalized spacial score (nSPS) is 17.1. The van der Waals surface area contributed by atoms with Crippen LogP contribution in [0.5, 0.6) is 0 Å². The van der Waals surface area contributed by atoms with Gasteiger partial charge in [-0.25, -0.2) is 13.8 Å². The first kappa shape index (κ1) is 16.7. The number of halogens is 2. The molecule has 1 fully saturated rings. The summed E-state index contributed by atoms with van der Waals surface area (Å²) in [7, 11) is 3.92. The molecule has 134 valence electrons. The van der Waals surface area contributed by atoms with Crippen molar-refractivity contribution in [2.24, 2.45) is 0 Å². The van der Waals surface area contributed by atoms with Gasteiger partial charge in [-0.2, -0.15) is 0 Å². The molecule has 1 aliphatic heterocycles. The monoisotopic (exact) mass is 354 g/mol. The molecule has 1 aliphatic rings. The van der Waals surface area contributed by atoms with Crippen molar-refractivity contribution in [2.75, 3.05) is 30.4 Å². The number of hydrogen-bond donors (Lipinski definition) is 0. The predicted octanol–water partition coefficient (Wildman–Crippen LogP) is 4.32. The molecule has 6 heteroatoms. The minimum atomic E-state index is -0.418. The van der Waals surface area contributed by atoms with Gasteiger partial charge in [0.05, 0.1) is 17.2 Å². The van der Waals surface area contributed by atoms with Gasteiger partial charge in [-0.1, -0.05) is 0 Å². The lowest BCUT2D eigenvalue weighted by Crippen LogP contribution is -2.24. The molecule has 1 atom stereocenters. The zero-order valence-corrected chi connectivity index (χ0v) is 14.8. The van der Waals surface area contributed by atoms with E-state index in [1.54, 1.807) is 6.20 Å². The van der Waals surface area contributed by atoms with E-state index >= 15 is 0 Å². The molecular weight excluding hydrogens is 334 g/mol. The van der Waals surface area contributed by atoms with E-state index in [2.05, 4.69) is 9.88 Å². The van der Waals surface area contributed by atoms with Crippen molar-refractivity contribution in [3.05, 3.63) is 59.8 Å². The van der Waals surface area contributed by atoms with Crippen molar-refractivity contribution >= 4 is 22.5 Å². The lowest BCUT2D eigenvalue weighted by atomic mass is 10.0. The van der Waals surface area contributed by atoms with E-state index in [0.29, 0.717) is 5.56 Å². The Bertz CT molecular complexity index is 958. The van der Waals surface area contributed by atoms with Crippen molar-refractivity contribution in [3.8, 4) is 0 Å². The van der Waals surface area contributed by atoms with Crippen LogP contribution in [0.2, 0.25) is 0 Å². The highest BCUT2D eigenvalue weighted by molar-refractivity contribution is 5.88. The van der Waals surface area contributed by atoms with Crippen molar-refractivity contribution in [3.63, 3.8) is 0 Å². The van der Waals surface area contributed by atoms with E-state index in [-0.39, 0.29) is 11.9 Å². The molecule has 0 bridgehead atoms. The average Bonchev–Trinajstić information content (AvgIpc) is 3.12. The fourth-order valence-electron chi connectivity index (χ4n) is 3.66. The zero-order chi connectivity index (χ0) is 18.3. The number of hydrogen-bond acceptors (Lipinski definition) is 4. The Morgan fingerprint density at radius 2 is 1.96 bits per heavy atom. The van der Waals surface area contributed by atoms with Gasteiger partial charge in [-0.15, -0.1) is 0 Å². The molecule has 0 saturated carbocycles. The van der Waals surface area contributed by atoms with E-state index < -0.39 is 5.82 Å². The van der Waals surface area contributed by atoms with Gasteiger partial charge in [-0.05, 0) is 49.2 Å². The number of anilines is 2. The predicted molar refractivity (Wildman–Crippen MR) is 99.5 cm³/mol. The Balaban J connectivity index is 1.78. The Morgan fingerprint density at radius 3 is 2.77 bits per heavy atom.